The SMILES string of the molecule is Cc1ccc(-c2noc(COC(=O)CCCNC(=O)c3ccsc3)n2)cc1. The second-order valence-electron chi connectivity index (χ2n) is 5.91. The zero-order valence-electron chi connectivity index (χ0n) is 14.8. The van der Waals surface area contributed by atoms with Gasteiger partial charge in [0, 0.05) is 29.5 Å². The molecule has 2 heterocycles. The summed E-state index contributed by atoms with van der Waals surface area (Å²) in [4.78, 5) is 27.8. The average Bonchev–Trinajstić information content (AvgIpc) is 3.36. The molecule has 1 amide bonds. The number of thiophene rings is 1. The minimum atomic E-state index is -0.380. The summed E-state index contributed by atoms with van der Waals surface area (Å²) in [6, 6.07) is 9.48. The summed E-state index contributed by atoms with van der Waals surface area (Å²) < 4.78 is 10.2. The maximum atomic E-state index is 11.8. The van der Waals surface area contributed by atoms with Crippen LogP contribution in [0.2, 0.25) is 0 Å². The van der Waals surface area contributed by atoms with Crippen LogP contribution in [-0.4, -0.2) is 28.6 Å². The van der Waals surface area contributed by atoms with E-state index in [1.54, 1.807) is 11.4 Å². The molecule has 0 spiro atoms. The lowest BCUT2D eigenvalue weighted by Gasteiger charge is -2.04. The number of hydrogen-bond donors (Lipinski definition) is 1. The summed E-state index contributed by atoms with van der Waals surface area (Å²) in [5.74, 6) is 0.177. The first-order valence-electron chi connectivity index (χ1n) is 8.47. The van der Waals surface area contributed by atoms with Crippen molar-refractivity contribution < 1.29 is 18.8 Å². The summed E-state index contributed by atoms with van der Waals surface area (Å²) in [7, 11) is 0. The summed E-state index contributed by atoms with van der Waals surface area (Å²) in [6.45, 7) is 2.33. The molecular formula is C19H19N3O4S. The van der Waals surface area contributed by atoms with Gasteiger partial charge in [-0.05, 0) is 24.8 Å². The maximum Gasteiger partial charge on any atom is 0.306 e. The number of carbonyl (C=O) groups is 2. The molecule has 0 aliphatic rings. The lowest BCUT2D eigenvalue weighted by molar-refractivity contribution is -0.145. The van der Waals surface area contributed by atoms with E-state index in [4.69, 9.17) is 9.26 Å². The molecule has 0 aliphatic heterocycles. The molecule has 1 aromatic carbocycles. The predicted molar refractivity (Wildman–Crippen MR) is 100 cm³/mol. The topological polar surface area (TPSA) is 94.3 Å². The second-order valence-corrected chi connectivity index (χ2v) is 6.69. The van der Waals surface area contributed by atoms with E-state index in [0.29, 0.717) is 24.4 Å². The molecule has 0 fully saturated rings. The van der Waals surface area contributed by atoms with E-state index in [2.05, 4.69) is 15.5 Å². The zero-order valence-corrected chi connectivity index (χ0v) is 15.6. The number of ether oxygens (including phenoxy) is 1. The molecule has 27 heavy (non-hydrogen) atoms. The van der Waals surface area contributed by atoms with Crippen LogP contribution in [0.5, 0.6) is 0 Å². The molecule has 8 heteroatoms. The van der Waals surface area contributed by atoms with Gasteiger partial charge in [0.1, 0.15) is 0 Å². The van der Waals surface area contributed by atoms with Crippen LogP contribution < -0.4 is 5.32 Å². The number of aryl methyl sites for hydroxylation is 1. The normalized spacial score (nSPS) is 10.6. The van der Waals surface area contributed by atoms with Gasteiger partial charge in [0.2, 0.25) is 5.82 Å². The van der Waals surface area contributed by atoms with Crippen LogP contribution >= 0.6 is 11.3 Å². The minimum absolute atomic E-state index is 0.0705. The van der Waals surface area contributed by atoms with Crippen LogP contribution in [0.4, 0.5) is 0 Å². The average molecular weight is 385 g/mol. The molecule has 0 aliphatic carbocycles. The van der Waals surface area contributed by atoms with Crippen molar-refractivity contribution in [3.63, 3.8) is 0 Å². The predicted octanol–water partition coefficient (Wildman–Crippen LogP) is 3.36. The molecule has 1 N–H and O–H groups in total. The summed E-state index contributed by atoms with van der Waals surface area (Å²) in [5, 5.41) is 10.3. The highest BCUT2D eigenvalue weighted by Gasteiger charge is 2.11. The molecular weight excluding hydrogens is 366 g/mol. The Labute approximate surface area is 160 Å². The van der Waals surface area contributed by atoms with Gasteiger partial charge in [0.05, 0.1) is 0 Å². The van der Waals surface area contributed by atoms with Crippen LogP contribution in [0, 0.1) is 6.92 Å². The van der Waals surface area contributed by atoms with Crippen molar-refractivity contribution in [2.24, 2.45) is 0 Å². The quantitative estimate of drug-likeness (QED) is 0.472. The van der Waals surface area contributed by atoms with Crippen molar-refractivity contribution >= 4 is 23.2 Å². The van der Waals surface area contributed by atoms with Gasteiger partial charge in [0.15, 0.2) is 6.61 Å². The van der Waals surface area contributed by atoms with Gasteiger partial charge in [0.25, 0.3) is 11.8 Å². The Morgan fingerprint density at radius 1 is 1.22 bits per heavy atom. The monoisotopic (exact) mass is 385 g/mol. The fraction of sp³-hybridized carbons (Fsp3) is 0.263. The second kappa shape index (κ2) is 9.09. The first-order chi connectivity index (χ1) is 13.1. The summed E-state index contributed by atoms with van der Waals surface area (Å²) in [5.41, 5.74) is 2.61. The minimum Gasteiger partial charge on any atom is -0.456 e. The Morgan fingerprint density at radius 2 is 2.04 bits per heavy atom. The van der Waals surface area contributed by atoms with Crippen molar-refractivity contribution in [2.45, 2.75) is 26.4 Å². The Balaban J connectivity index is 1.37. The highest BCUT2D eigenvalue weighted by atomic mass is 32.1. The fourth-order valence-electron chi connectivity index (χ4n) is 2.28. The van der Waals surface area contributed by atoms with Crippen LogP contribution in [0.3, 0.4) is 0 Å². The maximum absolute atomic E-state index is 11.8. The van der Waals surface area contributed by atoms with Gasteiger partial charge in [-0.1, -0.05) is 35.0 Å². The lowest BCUT2D eigenvalue weighted by Crippen LogP contribution is -2.24. The third kappa shape index (κ3) is 5.49. The molecule has 3 aromatic rings. The number of carbonyl (C=O) groups excluding carboxylic acids is 2. The van der Waals surface area contributed by atoms with Gasteiger partial charge in [-0.15, -0.1) is 0 Å². The van der Waals surface area contributed by atoms with E-state index in [9.17, 15) is 9.59 Å². The van der Waals surface area contributed by atoms with Crippen LogP contribution in [-0.2, 0) is 16.1 Å². The van der Waals surface area contributed by atoms with E-state index in [0.717, 1.165) is 11.1 Å². The van der Waals surface area contributed by atoms with E-state index < -0.39 is 0 Å². The molecule has 0 unspecified atom stereocenters. The smallest absolute Gasteiger partial charge is 0.306 e. The molecule has 140 valence electrons. The van der Waals surface area contributed by atoms with Crippen molar-refractivity contribution in [2.75, 3.05) is 6.54 Å². The summed E-state index contributed by atoms with van der Waals surface area (Å²) >= 11 is 1.46. The van der Waals surface area contributed by atoms with Gasteiger partial charge < -0.3 is 14.6 Å². The Kier molecular flexibility index (Phi) is 6.32. The Morgan fingerprint density at radius 3 is 2.78 bits per heavy atom. The number of benzene rings is 1. The third-order valence-corrected chi connectivity index (χ3v) is 4.44. The van der Waals surface area contributed by atoms with Gasteiger partial charge in [-0.3, -0.25) is 9.59 Å². The van der Waals surface area contributed by atoms with Crippen LogP contribution in [0.1, 0.15) is 34.7 Å². The van der Waals surface area contributed by atoms with E-state index in [-0.39, 0.29) is 30.8 Å². The molecule has 3 rings (SSSR count). The molecule has 0 saturated heterocycles. The highest BCUT2D eigenvalue weighted by molar-refractivity contribution is 7.08. The molecule has 0 atom stereocenters. The Bertz CT molecular complexity index is 888. The van der Waals surface area contributed by atoms with Gasteiger partial charge in [-0.2, -0.15) is 16.3 Å². The first-order valence-corrected chi connectivity index (χ1v) is 9.42. The fourth-order valence-corrected chi connectivity index (χ4v) is 2.91. The molecule has 2 aromatic heterocycles. The van der Waals surface area contributed by atoms with Crippen molar-refractivity contribution in [1.82, 2.24) is 15.5 Å². The number of hydrogen-bond acceptors (Lipinski definition) is 7. The number of esters is 1. The number of rotatable bonds is 8. The van der Waals surface area contributed by atoms with Crippen LogP contribution in [0.25, 0.3) is 11.4 Å². The molecule has 0 radical (unpaired) electrons. The third-order valence-electron chi connectivity index (χ3n) is 3.76. The van der Waals surface area contributed by atoms with E-state index in [1.807, 2.05) is 36.6 Å². The van der Waals surface area contributed by atoms with Gasteiger partial charge >= 0.3 is 5.97 Å². The van der Waals surface area contributed by atoms with E-state index >= 15 is 0 Å². The molecule has 7 nitrogen and oxygen atoms in total. The number of aromatic nitrogens is 2. The standard InChI is InChI=1S/C19H19N3O4S/c1-13-4-6-14(7-5-13)18-21-16(26-22-18)11-25-17(23)3-2-9-20-19(24)15-8-10-27-12-15/h4-8,10,12H,2-3,9,11H2,1H3,(H,20,24). The first kappa shape index (κ1) is 18.8. The van der Waals surface area contributed by atoms with Gasteiger partial charge in [-0.25, -0.2) is 0 Å². The number of nitrogens with one attached hydrogen (secondary N) is 1. The number of amides is 1. The summed E-state index contributed by atoms with van der Waals surface area (Å²) in [6.07, 6.45) is 0.691. The van der Waals surface area contributed by atoms with Crippen molar-refractivity contribution in [3.05, 3.63) is 58.1 Å². The largest absolute Gasteiger partial charge is 0.456 e. The molecule has 0 bridgehead atoms. The van der Waals surface area contributed by atoms with Crippen molar-refractivity contribution in [1.29, 1.82) is 0 Å². The zero-order chi connectivity index (χ0) is 19.1. The van der Waals surface area contributed by atoms with E-state index in [1.165, 1.54) is 11.3 Å². The lowest BCUT2D eigenvalue weighted by atomic mass is 10.1. The Hall–Kier alpha value is -3.00. The van der Waals surface area contributed by atoms with Crippen molar-refractivity contribution in [3.8, 4) is 11.4 Å². The number of nitrogens with zero attached hydrogens (tertiary/aromatic N) is 2. The molecule has 0 saturated carbocycles. The highest BCUT2D eigenvalue weighted by Crippen LogP contribution is 2.16. The van der Waals surface area contributed by atoms with Crippen LogP contribution in [0.15, 0.2) is 45.6 Å².